The molecule has 0 unspecified atom stereocenters. The van der Waals surface area contributed by atoms with E-state index < -0.39 is 11.4 Å². The van der Waals surface area contributed by atoms with Crippen LogP contribution in [0.4, 0.5) is 13.2 Å². The Morgan fingerprint density at radius 2 is 1.89 bits per heavy atom. The van der Waals surface area contributed by atoms with Crippen molar-refractivity contribution in [3.63, 3.8) is 0 Å². The number of carbonyl (C=O) groups is 1. The number of methoxy groups -OCH3 is 1. The van der Waals surface area contributed by atoms with Crippen LogP contribution in [0.3, 0.4) is 0 Å². The number of aromatic nitrogens is 3. The number of amides is 1. The molecule has 0 saturated carbocycles. The summed E-state index contributed by atoms with van der Waals surface area (Å²) in [6.45, 7) is -0.00694. The number of rotatable bonds is 6. The third-order valence-corrected chi connectivity index (χ3v) is 4.46. The molecule has 0 atom stereocenters. The molecular weight excluding hydrogens is 393 g/mol. The quantitative estimate of drug-likeness (QED) is 0.602. The van der Waals surface area contributed by atoms with Crippen molar-refractivity contribution in [1.29, 1.82) is 0 Å². The monoisotopic (exact) mass is 408 g/mol. The van der Waals surface area contributed by atoms with E-state index in [1.54, 1.807) is 31.4 Å². The summed E-state index contributed by atoms with van der Waals surface area (Å²) in [5, 5.41) is 9.33. The van der Waals surface area contributed by atoms with Crippen molar-refractivity contribution in [3.8, 4) is 17.1 Å². The van der Waals surface area contributed by atoms with Gasteiger partial charge in [-0.2, -0.15) is 18.3 Å². The van der Waals surface area contributed by atoms with Gasteiger partial charge in [-0.3, -0.25) is 9.89 Å². The van der Waals surface area contributed by atoms with Crippen molar-refractivity contribution in [2.45, 2.75) is 16.9 Å². The van der Waals surface area contributed by atoms with Gasteiger partial charge < -0.3 is 10.1 Å². The summed E-state index contributed by atoms with van der Waals surface area (Å²) in [6, 6.07) is 12.7. The molecule has 6 nitrogen and oxygen atoms in total. The average molecular weight is 408 g/mol. The van der Waals surface area contributed by atoms with E-state index in [9.17, 15) is 18.0 Å². The van der Waals surface area contributed by atoms with Crippen LogP contribution >= 0.6 is 11.8 Å². The summed E-state index contributed by atoms with van der Waals surface area (Å²) in [7, 11) is 1.56. The Kier molecular flexibility index (Phi) is 5.88. The number of H-pyrrole nitrogens is 1. The van der Waals surface area contributed by atoms with Crippen LogP contribution in [0.25, 0.3) is 11.4 Å². The number of nitrogens with one attached hydrogen (secondary N) is 2. The summed E-state index contributed by atoms with van der Waals surface area (Å²) >= 11 is -0.325. The molecule has 2 aromatic carbocycles. The normalized spacial score (nSPS) is 11.3. The lowest BCUT2D eigenvalue weighted by Gasteiger charge is -2.10. The number of halogens is 3. The van der Waals surface area contributed by atoms with Gasteiger partial charge in [0.05, 0.1) is 19.2 Å². The maximum atomic E-state index is 12.6. The highest BCUT2D eigenvalue weighted by atomic mass is 32.2. The first-order valence-corrected chi connectivity index (χ1v) is 8.86. The summed E-state index contributed by atoms with van der Waals surface area (Å²) in [5.41, 5.74) is -3.78. The third-order valence-electron chi connectivity index (χ3n) is 3.65. The lowest BCUT2D eigenvalue weighted by atomic mass is 10.2. The van der Waals surface area contributed by atoms with Crippen molar-refractivity contribution in [2.24, 2.45) is 0 Å². The highest BCUT2D eigenvalue weighted by Crippen LogP contribution is 2.38. The highest BCUT2D eigenvalue weighted by molar-refractivity contribution is 8.00. The number of hydrogen-bond donors (Lipinski definition) is 2. The molecule has 0 spiro atoms. The van der Waals surface area contributed by atoms with Crippen LogP contribution in [0.2, 0.25) is 0 Å². The molecule has 0 fully saturated rings. The molecule has 146 valence electrons. The van der Waals surface area contributed by atoms with Gasteiger partial charge in [0.25, 0.3) is 5.91 Å². The topological polar surface area (TPSA) is 79.9 Å². The fourth-order valence-electron chi connectivity index (χ4n) is 2.37. The van der Waals surface area contributed by atoms with E-state index in [0.717, 1.165) is 5.56 Å². The molecule has 1 aromatic heterocycles. The van der Waals surface area contributed by atoms with E-state index in [0.29, 0.717) is 17.4 Å². The molecule has 1 amide bonds. The number of nitrogens with zero attached hydrogens (tertiary/aromatic N) is 2. The van der Waals surface area contributed by atoms with Crippen molar-refractivity contribution in [3.05, 3.63) is 59.9 Å². The number of aromatic amines is 1. The second kappa shape index (κ2) is 8.34. The van der Waals surface area contributed by atoms with Crippen LogP contribution in [0.5, 0.6) is 5.75 Å². The van der Waals surface area contributed by atoms with Gasteiger partial charge in [-0.25, -0.2) is 4.98 Å². The molecule has 28 heavy (non-hydrogen) atoms. The maximum Gasteiger partial charge on any atom is 0.446 e. The summed E-state index contributed by atoms with van der Waals surface area (Å²) in [6.07, 6.45) is 0. The van der Waals surface area contributed by atoms with Crippen LogP contribution in [-0.4, -0.2) is 33.7 Å². The van der Waals surface area contributed by atoms with E-state index in [1.807, 2.05) is 0 Å². The summed E-state index contributed by atoms with van der Waals surface area (Å²) in [5.74, 6) is 0.872. The molecule has 3 aromatic rings. The zero-order valence-electron chi connectivity index (χ0n) is 14.6. The lowest BCUT2D eigenvalue weighted by molar-refractivity contribution is -0.0328. The molecule has 0 radical (unpaired) electrons. The Balaban J connectivity index is 1.66. The Morgan fingerprint density at radius 1 is 1.18 bits per heavy atom. The van der Waals surface area contributed by atoms with E-state index in [-0.39, 0.29) is 28.8 Å². The molecule has 0 aliphatic rings. The molecule has 0 saturated heterocycles. The van der Waals surface area contributed by atoms with Gasteiger partial charge in [0.15, 0.2) is 5.82 Å². The van der Waals surface area contributed by atoms with Crippen LogP contribution in [0.15, 0.2) is 53.4 Å². The van der Waals surface area contributed by atoms with Crippen LogP contribution in [0.1, 0.15) is 16.2 Å². The maximum absolute atomic E-state index is 12.6. The predicted octanol–water partition coefficient (Wildman–Crippen LogP) is 4.02. The third kappa shape index (κ3) is 5.03. The molecule has 3 rings (SSSR count). The Hall–Kier alpha value is -3.01. The first-order valence-electron chi connectivity index (χ1n) is 8.04. The van der Waals surface area contributed by atoms with Crippen molar-refractivity contribution in [1.82, 2.24) is 20.5 Å². The standard InChI is InChI=1S/C18H15F3N4O2S/c1-27-12-8-6-11(7-9-12)16-23-15(24-25-16)10-22-17(26)13-4-2-3-5-14(13)28-18(19,20)21/h2-9H,10H2,1H3,(H,22,26)(H,23,24,25). The zero-order valence-corrected chi connectivity index (χ0v) is 15.4. The molecular formula is C18H15F3N4O2S. The minimum atomic E-state index is -4.48. The molecule has 2 N–H and O–H groups in total. The number of carbonyl (C=O) groups excluding carboxylic acids is 1. The fourth-order valence-corrected chi connectivity index (χ4v) is 3.04. The van der Waals surface area contributed by atoms with E-state index in [1.165, 1.54) is 24.3 Å². The summed E-state index contributed by atoms with van der Waals surface area (Å²) in [4.78, 5) is 16.4. The second-order valence-electron chi connectivity index (χ2n) is 5.56. The van der Waals surface area contributed by atoms with Crippen molar-refractivity contribution in [2.75, 3.05) is 7.11 Å². The van der Waals surface area contributed by atoms with Crippen molar-refractivity contribution < 1.29 is 22.7 Å². The number of thioether (sulfide) groups is 1. The van der Waals surface area contributed by atoms with E-state index in [4.69, 9.17) is 4.74 Å². The van der Waals surface area contributed by atoms with Crippen molar-refractivity contribution >= 4 is 17.7 Å². The van der Waals surface area contributed by atoms with Gasteiger partial charge in [0.1, 0.15) is 11.6 Å². The second-order valence-corrected chi connectivity index (χ2v) is 6.67. The summed E-state index contributed by atoms with van der Waals surface area (Å²) < 4.78 is 43.0. The molecule has 1 heterocycles. The number of benzene rings is 2. The van der Waals surface area contributed by atoms with E-state index >= 15 is 0 Å². The van der Waals surface area contributed by atoms with Gasteiger partial charge in [-0.05, 0) is 48.2 Å². The lowest BCUT2D eigenvalue weighted by Crippen LogP contribution is -2.24. The minimum Gasteiger partial charge on any atom is -0.497 e. The molecule has 0 bridgehead atoms. The van der Waals surface area contributed by atoms with E-state index in [2.05, 4.69) is 20.5 Å². The molecule has 0 aliphatic heterocycles. The van der Waals surface area contributed by atoms with Gasteiger partial charge in [-0.15, -0.1) is 0 Å². The number of ether oxygens (including phenoxy) is 1. The fraction of sp³-hybridized carbons (Fsp3) is 0.167. The zero-order chi connectivity index (χ0) is 20.1. The SMILES string of the molecule is COc1ccc(-c2n[nH]c(CNC(=O)c3ccccc3SC(F)(F)F)n2)cc1. The largest absolute Gasteiger partial charge is 0.497 e. The first kappa shape index (κ1) is 19.7. The smallest absolute Gasteiger partial charge is 0.446 e. The average Bonchev–Trinajstić information content (AvgIpc) is 3.14. The van der Waals surface area contributed by atoms with Crippen LogP contribution in [0, 0.1) is 0 Å². The Morgan fingerprint density at radius 3 is 2.57 bits per heavy atom. The molecule has 0 aliphatic carbocycles. The Labute approximate surface area is 162 Å². The number of alkyl halides is 3. The first-order chi connectivity index (χ1) is 13.4. The van der Waals surface area contributed by atoms with Crippen LogP contribution < -0.4 is 10.1 Å². The Bertz CT molecular complexity index is 958. The molecule has 10 heteroatoms. The van der Waals surface area contributed by atoms with Gasteiger partial charge >= 0.3 is 5.51 Å². The van der Waals surface area contributed by atoms with Crippen LogP contribution in [-0.2, 0) is 6.54 Å². The predicted molar refractivity (Wildman–Crippen MR) is 97.9 cm³/mol. The van der Waals surface area contributed by atoms with Gasteiger partial charge in [-0.1, -0.05) is 12.1 Å². The van der Waals surface area contributed by atoms with Gasteiger partial charge in [0, 0.05) is 10.5 Å². The number of hydrogen-bond acceptors (Lipinski definition) is 5. The van der Waals surface area contributed by atoms with Gasteiger partial charge in [0.2, 0.25) is 0 Å². The highest BCUT2D eigenvalue weighted by Gasteiger charge is 2.31. The minimum absolute atomic E-state index is 0.00694.